The van der Waals surface area contributed by atoms with Gasteiger partial charge in [0.1, 0.15) is 0 Å². The predicted molar refractivity (Wildman–Crippen MR) is 57.1 cm³/mol. The Morgan fingerprint density at radius 1 is 1.50 bits per heavy atom. The molecule has 2 rings (SSSR count). The molecular weight excluding hydrogens is 210 g/mol. The molecule has 2 amide bonds. The number of nitrogens with one attached hydrogen (secondary N) is 2. The van der Waals surface area contributed by atoms with E-state index in [0.29, 0.717) is 12.1 Å². The van der Waals surface area contributed by atoms with Crippen LogP contribution in [0.2, 0.25) is 0 Å². The van der Waals surface area contributed by atoms with Crippen LogP contribution >= 0.6 is 0 Å². The Labute approximate surface area is 91.8 Å². The average Bonchev–Trinajstić information content (AvgIpc) is 2.65. The maximum absolute atomic E-state index is 11.0. The average molecular weight is 221 g/mol. The lowest BCUT2D eigenvalue weighted by Crippen LogP contribution is -2.21. The van der Waals surface area contributed by atoms with E-state index in [9.17, 15) is 14.9 Å². The lowest BCUT2D eigenvalue weighted by Gasteiger charge is -2.09. The van der Waals surface area contributed by atoms with Crippen LogP contribution < -0.4 is 10.6 Å². The van der Waals surface area contributed by atoms with Gasteiger partial charge in [-0.05, 0) is 12.5 Å². The zero-order valence-electron chi connectivity index (χ0n) is 8.69. The Balaban J connectivity index is 2.32. The van der Waals surface area contributed by atoms with Gasteiger partial charge in [0.05, 0.1) is 11.0 Å². The number of amides is 2. The van der Waals surface area contributed by atoms with Crippen LogP contribution in [0.3, 0.4) is 0 Å². The summed E-state index contributed by atoms with van der Waals surface area (Å²) >= 11 is 0. The molecule has 84 valence electrons. The number of benzene rings is 1. The fourth-order valence-electron chi connectivity index (χ4n) is 1.70. The van der Waals surface area contributed by atoms with Gasteiger partial charge >= 0.3 is 6.03 Å². The molecule has 16 heavy (non-hydrogen) atoms. The van der Waals surface area contributed by atoms with Gasteiger partial charge in [0.25, 0.3) is 5.69 Å². The third-order valence-corrected chi connectivity index (χ3v) is 2.60. The normalized spacial score (nSPS) is 19.1. The Hall–Kier alpha value is -2.11. The summed E-state index contributed by atoms with van der Waals surface area (Å²) in [6.45, 7) is 2.15. The summed E-state index contributed by atoms with van der Waals surface area (Å²) in [5.41, 5.74) is 1.44. The van der Waals surface area contributed by atoms with Crippen LogP contribution in [0.5, 0.6) is 0 Å². The van der Waals surface area contributed by atoms with E-state index >= 15 is 0 Å². The summed E-state index contributed by atoms with van der Waals surface area (Å²) in [7, 11) is 0. The quantitative estimate of drug-likeness (QED) is 0.582. The van der Waals surface area contributed by atoms with E-state index in [4.69, 9.17) is 0 Å². The lowest BCUT2D eigenvalue weighted by molar-refractivity contribution is -0.385. The summed E-state index contributed by atoms with van der Waals surface area (Å²) in [4.78, 5) is 21.3. The van der Waals surface area contributed by atoms with Crippen molar-refractivity contribution in [2.75, 3.05) is 6.54 Å². The molecule has 2 N–H and O–H groups in total. The van der Waals surface area contributed by atoms with Crippen molar-refractivity contribution < 1.29 is 9.72 Å². The minimum Gasteiger partial charge on any atom is -0.336 e. The fourth-order valence-corrected chi connectivity index (χ4v) is 1.70. The van der Waals surface area contributed by atoms with Crippen molar-refractivity contribution in [1.82, 2.24) is 10.6 Å². The second-order valence-electron chi connectivity index (χ2n) is 3.71. The minimum absolute atomic E-state index is 0.0821. The number of rotatable bonds is 2. The number of aryl methyl sites for hydroxylation is 1. The first-order valence-corrected chi connectivity index (χ1v) is 4.87. The maximum Gasteiger partial charge on any atom is 0.315 e. The summed E-state index contributed by atoms with van der Waals surface area (Å²) in [5.74, 6) is 0. The third-order valence-electron chi connectivity index (χ3n) is 2.60. The Bertz CT molecular complexity index is 459. The van der Waals surface area contributed by atoms with Crippen LogP contribution in [-0.2, 0) is 0 Å². The Morgan fingerprint density at radius 2 is 2.25 bits per heavy atom. The SMILES string of the molecule is Cc1ccc([C@H]2CNC(=O)N2)cc1[N+](=O)[O-]. The Kier molecular flexibility index (Phi) is 2.47. The molecule has 0 radical (unpaired) electrons. The van der Waals surface area contributed by atoms with Gasteiger partial charge in [-0.2, -0.15) is 0 Å². The summed E-state index contributed by atoms with van der Waals surface area (Å²) < 4.78 is 0. The molecule has 1 aromatic carbocycles. The zero-order valence-corrected chi connectivity index (χ0v) is 8.69. The third kappa shape index (κ3) is 1.81. The van der Waals surface area contributed by atoms with Gasteiger partial charge in [-0.15, -0.1) is 0 Å². The second kappa shape index (κ2) is 3.80. The van der Waals surface area contributed by atoms with Crippen LogP contribution in [0, 0.1) is 17.0 Å². The van der Waals surface area contributed by atoms with Gasteiger partial charge in [0, 0.05) is 18.2 Å². The minimum atomic E-state index is -0.414. The molecule has 1 aromatic rings. The fraction of sp³-hybridized carbons (Fsp3) is 0.300. The van der Waals surface area contributed by atoms with Crippen molar-refractivity contribution in [1.29, 1.82) is 0 Å². The molecule has 0 bridgehead atoms. The first kappa shape index (κ1) is 10.4. The molecule has 0 aromatic heterocycles. The van der Waals surface area contributed by atoms with E-state index in [2.05, 4.69) is 10.6 Å². The van der Waals surface area contributed by atoms with E-state index in [-0.39, 0.29) is 17.8 Å². The smallest absolute Gasteiger partial charge is 0.315 e. The van der Waals surface area contributed by atoms with Crippen LogP contribution in [0.4, 0.5) is 10.5 Å². The van der Waals surface area contributed by atoms with Gasteiger partial charge < -0.3 is 10.6 Å². The number of nitro groups is 1. The van der Waals surface area contributed by atoms with Gasteiger partial charge in [-0.1, -0.05) is 12.1 Å². The highest BCUT2D eigenvalue weighted by molar-refractivity contribution is 5.77. The second-order valence-corrected chi connectivity index (χ2v) is 3.71. The standard InChI is InChI=1S/C10H11N3O3/c1-6-2-3-7(4-9(6)13(15)16)8-5-11-10(14)12-8/h2-4,8H,5H2,1H3,(H2,11,12,14)/t8-/m1/s1. The molecule has 0 spiro atoms. The number of nitrogens with zero attached hydrogens (tertiary/aromatic N) is 1. The zero-order chi connectivity index (χ0) is 11.7. The number of hydrogen-bond acceptors (Lipinski definition) is 3. The summed E-state index contributed by atoms with van der Waals surface area (Å²) in [6.07, 6.45) is 0. The first-order valence-electron chi connectivity index (χ1n) is 4.87. The van der Waals surface area contributed by atoms with Crippen molar-refractivity contribution in [2.24, 2.45) is 0 Å². The Morgan fingerprint density at radius 3 is 2.81 bits per heavy atom. The first-order chi connectivity index (χ1) is 7.58. The molecular formula is C10H11N3O3. The highest BCUT2D eigenvalue weighted by atomic mass is 16.6. The molecule has 0 saturated carbocycles. The molecule has 0 unspecified atom stereocenters. The van der Waals surface area contributed by atoms with Crippen LogP contribution in [0.25, 0.3) is 0 Å². The number of carbonyl (C=O) groups is 1. The molecule has 1 aliphatic heterocycles. The summed E-state index contributed by atoms with van der Waals surface area (Å²) in [5, 5.41) is 16.1. The van der Waals surface area contributed by atoms with E-state index in [1.165, 1.54) is 6.07 Å². The summed E-state index contributed by atoms with van der Waals surface area (Å²) in [6, 6.07) is 4.56. The van der Waals surface area contributed by atoms with Crippen molar-refractivity contribution in [3.05, 3.63) is 39.4 Å². The van der Waals surface area contributed by atoms with Gasteiger partial charge in [0.15, 0.2) is 0 Å². The molecule has 6 nitrogen and oxygen atoms in total. The molecule has 1 heterocycles. The molecule has 1 aliphatic rings. The van der Waals surface area contributed by atoms with Gasteiger partial charge in [-0.3, -0.25) is 10.1 Å². The van der Waals surface area contributed by atoms with E-state index in [1.54, 1.807) is 19.1 Å². The number of hydrogen-bond donors (Lipinski definition) is 2. The highest BCUT2D eigenvalue weighted by Gasteiger charge is 2.23. The van der Waals surface area contributed by atoms with Crippen molar-refractivity contribution >= 4 is 11.7 Å². The molecule has 1 saturated heterocycles. The lowest BCUT2D eigenvalue weighted by atomic mass is 10.0. The monoisotopic (exact) mass is 221 g/mol. The van der Waals surface area contributed by atoms with Crippen molar-refractivity contribution in [3.63, 3.8) is 0 Å². The van der Waals surface area contributed by atoms with E-state index in [1.807, 2.05) is 0 Å². The van der Waals surface area contributed by atoms with Gasteiger partial charge in [0.2, 0.25) is 0 Å². The molecule has 0 aliphatic carbocycles. The topological polar surface area (TPSA) is 84.3 Å². The molecule has 6 heteroatoms. The number of nitro benzene ring substituents is 1. The van der Waals surface area contributed by atoms with E-state index in [0.717, 1.165) is 5.56 Å². The van der Waals surface area contributed by atoms with Crippen LogP contribution in [-0.4, -0.2) is 17.5 Å². The van der Waals surface area contributed by atoms with E-state index < -0.39 is 4.92 Å². The largest absolute Gasteiger partial charge is 0.336 e. The molecule has 1 atom stereocenters. The number of carbonyl (C=O) groups excluding carboxylic acids is 1. The van der Waals surface area contributed by atoms with Crippen molar-refractivity contribution in [3.8, 4) is 0 Å². The van der Waals surface area contributed by atoms with Crippen LogP contribution in [0.1, 0.15) is 17.2 Å². The van der Waals surface area contributed by atoms with Crippen molar-refractivity contribution in [2.45, 2.75) is 13.0 Å². The van der Waals surface area contributed by atoms with Crippen LogP contribution in [0.15, 0.2) is 18.2 Å². The predicted octanol–water partition coefficient (Wildman–Crippen LogP) is 1.26. The van der Waals surface area contributed by atoms with Gasteiger partial charge in [-0.25, -0.2) is 4.79 Å². The number of urea groups is 1. The highest BCUT2D eigenvalue weighted by Crippen LogP contribution is 2.24. The molecule has 1 fully saturated rings. The maximum atomic E-state index is 11.0.